The van der Waals surface area contributed by atoms with Crippen molar-refractivity contribution in [2.75, 3.05) is 0 Å². The predicted molar refractivity (Wildman–Crippen MR) is 182 cm³/mol. The van der Waals surface area contributed by atoms with Crippen molar-refractivity contribution in [1.29, 1.82) is 0 Å². The average molecular weight is 621 g/mol. The van der Waals surface area contributed by atoms with Crippen LogP contribution in [0.3, 0.4) is 0 Å². The third-order valence-corrected chi connectivity index (χ3v) is 10.9. The minimum atomic E-state index is -0.198. The fourth-order valence-electron chi connectivity index (χ4n) is 6.97. The molecule has 2 unspecified atom stereocenters. The molecule has 0 N–H and O–H groups in total. The van der Waals surface area contributed by atoms with Crippen molar-refractivity contribution < 1.29 is 13.6 Å². The molecule has 4 aromatic carbocycles. The van der Waals surface area contributed by atoms with Gasteiger partial charge >= 0.3 is 0 Å². The van der Waals surface area contributed by atoms with Gasteiger partial charge in [-0.1, -0.05) is 66.7 Å². The Hall–Kier alpha value is -4.98. The molecule has 0 bridgehead atoms. The van der Waals surface area contributed by atoms with E-state index in [9.17, 15) is 0 Å². The highest BCUT2D eigenvalue weighted by Gasteiger charge is 2.38. The first-order valence-electron chi connectivity index (χ1n) is 15.1. The minimum absolute atomic E-state index is 0.198. The molecule has 45 heavy (non-hydrogen) atoms. The van der Waals surface area contributed by atoms with Gasteiger partial charge in [0.2, 0.25) is 0 Å². The maximum atomic E-state index is 6.85. The fraction of sp³-hybridized carbons (Fsp3) is 0.105. The van der Waals surface area contributed by atoms with Crippen LogP contribution >= 0.6 is 22.9 Å². The third kappa shape index (κ3) is 3.91. The molecule has 1 aliphatic carbocycles. The van der Waals surface area contributed by atoms with Crippen LogP contribution in [0.25, 0.3) is 75.4 Å². The van der Waals surface area contributed by atoms with Crippen LogP contribution in [0, 0.1) is 5.92 Å². The monoisotopic (exact) mass is 620 g/mol. The van der Waals surface area contributed by atoms with Crippen LogP contribution in [0.2, 0.25) is 0 Å². The molecule has 1 fully saturated rings. The number of para-hydroxylation sites is 2. The number of rotatable bonds is 4. The molecular weight excluding hydrogens is 597 g/mol. The summed E-state index contributed by atoms with van der Waals surface area (Å²) < 4.78 is 27.2. The Kier molecular flexibility index (Phi) is 5.50. The molecule has 2 aliphatic rings. The van der Waals surface area contributed by atoms with E-state index < -0.39 is 0 Å². The second-order valence-electron chi connectivity index (χ2n) is 11.7. The summed E-state index contributed by atoms with van der Waals surface area (Å²) in [6.07, 6.45) is 9.96. The number of hydrogen-bond donors (Lipinski definition) is 0. The van der Waals surface area contributed by atoms with Gasteiger partial charge in [-0.25, -0.2) is 4.98 Å². The van der Waals surface area contributed by atoms with E-state index in [0.29, 0.717) is 5.92 Å². The van der Waals surface area contributed by atoms with E-state index >= 15 is 0 Å². The van der Waals surface area contributed by atoms with E-state index in [-0.39, 0.29) is 6.10 Å². The van der Waals surface area contributed by atoms with Gasteiger partial charge in [0.1, 0.15) is 39.7 Å². The zero-order valence-electron chi connectivity index (χ0n) is 23.9. The molecule has 5 nitrogen and oxygen atoms in total. The lowest BCUT2D eigenvalue weighted by Crippen LogP contribution is -2.03. The van der Waals surface area contributed by atoms with Gasteiger partial charge in [-0.15, -0.1) is 11.3 Å². The molecule has 2 atom stereocenters. The quantitative estimate of drug-likeness (QED) is 0.196. The molecule has 0 spiro atoms. The van der Waals surface area contributed by atoms with Crippen LogP contribution in [0.15, 0.2) is 124 Å². The van der Waals surface area contributed by atoms with E-state index in [4.69, 9.17) is 22.9 Å². The van der Waals surface area contributed by atoms with Crippen LogP contribution < -0.4 is 0 Å². The van der Waals surface area contributed by atoms with Gasteiger partial charge in [0, 0.05) is 44.2 Å². The van der Waals surface area contributed by atoms with Crippen LogP contribution in [-0.4, -0.2) is 9.36 Å². The van der Waals surface area contributed by atoms with Crippen molar-refractivity contribution >= 4 is 64.9 Å². The van der Waals surface area contributed by atoms with Crippen LogP contribution in [-0.2, 0) is 4.74 Å². The van der Waals surface area contributed by atoms with Crippen molar-refractivity contribution in [1.82, 2.24) is 9.36 Å². The van der Waals surface area contributed by atoms with Gasteiger partial charge in [-0.2, -0.15) is 4.37 Å². The standard InChI is InChI=1S/C38H24N2O3S2/c1-4-12-24-23(11-1)20-41-37(24)35-33(30-18-22-10-3-7-15-28(22)43-30)25(29-17-21-9-2-6-14-27(21)42-29)19-32-34(35)36(40-45-32)38-39-26-13-5-8-16-31(26)44-38/h1-9,11-17,19-20,22,30H,10,18H2. The molecule has 8 aromatic rings. The highest BCUT2D eigenvalue weighted by Crippen LogP contribution is 2.54. The van der Waals surface area contributed by atoms with Gasteiger partial charge in [0.05, 0.1) is 21.2 Å². The van der Waals surface area contributed by atoms with E-state index in [0.717, 1.165) is 99.6 Å². The largest absolute Gasteiger partial charge is 0.490 e. The van der Waals surface area contributed by atoms with Gasteiger partial charge in [0.25, 0.3) is 0 Å². The summed E-state index contributed by atoms with van der Waals surface area (Å²) in [4.78, 5) is 5.05. The van der Waals surface area contributed by atoms with Crippen molar-refractivity contribution in [3.8, 4) is 33.3 Å². The van der Waals surface area contributed by atoms with Crippen molar-refractivity contribution in [3.05, 3.63) is 121 Å². The summed E-state index contributed by atoms with van der Waals surface area (Å²) in [6, 6.07) is 29.2. The number of hydrogen-bond acceptors (Lipinski definition) is 7. The first-order chi connectivity index (χ1) is 22.3. The van der Waals surface area contributed by atoms with Crippen molar-refractivity contribution in [2.24, 2.45) is 5.92 Å². The minimum Gasteiger partial charge on any atom is -0.490 e. The Morgan fingerprint density at radius 3 is 2.64 bits per heavy atom. The molecule has 0 saturated carbocycles. The topological polar surface area (TPSA) is 61.3 Å². The first kappa shape index (κ1) is 25.4. The Balaban J connectivity index is 1.33. The number of benzene rings is 4. The number of furan rings is 2. The fourth-order valence-corrected chi connectivity index (χ4v) is 8.82. The van der Waals surface area contributed by atoms with Gasteiger partial charge in [-0.3, -0.25) is 0 Å². The Bertz CT molecular complexity index is 2440. The summed E-state index contributed by atoms with van der Waals surface area (Å²) in [6.45, 7) is 0. The molecule has 1 aliphatic heterocycles. The molecule has 1 saturated heterocycles. The Morgan fingerprint density at radius 1 is 0.867 bits per heavy atom. The van der Waals surface area contributed by atoms with Crippen LogP contribution in [0.1, 0.15) is 24.5 Å². The predicted octanol–water partition coefficient (Wildman–Crippen LogP) is 11.3. The van der Waals surface area contributed by atoms with E-state index in [1.807, 2.05) is 36.6 Å². The number of aromatic nitrogens is 2. The van der Waals surface area contributed by atoms with Crippen LogP contribution in [0.5, 0.6) is 0 Å². The summed E-state index contributed by atoms with van der Waals surface area (Å²) in [5.41, 5.74) is 5.79. The summed E-state index contributed by atoms with van der Waals surface area (Å²) >= 11 is 3.17. The molecular formula is C38H24N2O3S2. The molecule has 0 radical (unpaired) electrons. The lowest BCUT2D eigenvalue weighted by molar-refractivity contribution is 0.163. The SMILES string of the molecule is C1=CCC2CC(c3c(-c4cc5ccccc5o4)cc4snc(-c5nc6ccccc6s5)c4c3-c3occ4ccccc34)OC2=C1. The third-order valence-electron chi connectivity index (χ3n) is 9.05. The lowest BCUT2D eigenvalue weighted by atomic mass is 9.86. The van der Waals surface area contributed by atoms with E-state index in [2.05, 4.69) is 72.8 Å². The summed E-state index contributed by atoms with van der Waals surface area (Å²) in [7, 11) is 0. The maximum absolute atomic E-state index is 6.85. The normalized spacial score (nSPS) is 17.8. The zero-order chi connectivity index (χ0) is 29.5. The lowest BCUT2D eigenvalue weighted by Gasteiger charge is -2.20. The van der Waals surface area contributed by atoms with E-state index in [1.165, 1.54) is 11.5 Å². The number of nitrogens with zero attached hydrogens (tertiary/aromatic N) is 2. The Morgan fingerprint density at radius 2 is 1.73 bits per heavy atom. The zero-order valence-corrected chi connectivity index (χ0v) is 25.5. The highest BCUT2D eigenvalue weighted by atomic mass is 32.1. The molecule has 4 aromatic heterocycles. The molecule has 7 heteroatoms. The maximum Gasteiger partial charge on any atom is 0.144 e. The summed E-state index contributed by atoms with van der Waals surface area (Å²) in [5.74, 6) is 3.01. The van der Waals surface area contributed by atoms with Crippen molar-refractivity contribution in [2.45, 2.75) is 18.9 Å². The second kappa shape index (κ2) is 9.76. The first-order valence-corrected chi connectivity index (χ1v) is 16.7. The number of ether oxygens (including phenoxy) is 1. The van der Waals surface area contributed by atoms with Crippen molar-refractivity contribution in [3.63, 3.8) is 0 Å². The second-order valence-corrected chi connectivity index (χ2v) is 13.5. The number of fused-ring (bicyclic) bond motifs is 5. The average Bonchev–Trinajstić information content (AvgIpc) is 3.91. The van der Waals surface area contributed by atoms with Gasteiger partial charge < -0.3 is 13.6 Å². The molecule has 0 amide bonds. The Labute approximate surface area is 265 Å². The smallest absolute Gasteiger partial charge is 0.144 e. The summed E-state index contributed by atoms with van der Waals surface area (Å²) in [5, 5.41) is 5.11. The molecule has 10 rings (SSSR count). The number of allylic oxidation sites excluding steroid dienone is 4. The molecule has 5 heterocycles. The van der Waals surface area contributed by atoms with Gasteiger partial charge in [-0.05, 0) is 60.8 Å². The van der Waals surface area contributed by atoms with E-state index in [1.54, 1.807) is 11.3 Å². The molecule has 216 valence electrons. The van der Waals surface area contributed by atoms with Crippen LogP contribution in [0.4, 0.5) is 0 Å². The van der Waals surface area contributed by atoms with Gasteiger partial charge in [0.15, 0.2) is 0 Å². The highest BCUT2D eigenvalue weighted by molar-refractivity contribution is 7.22. The number of thiazole rings is 1.